The first-order chi connectivity index (χ1) is 10.8. The second kappa shape index (κ2) is 6.11. The van der Waals surface area contributed by atoms with Gasteiger partial charge in [0.1, 0.15) is 12.2 Å². The standard InChI is InChI=1S/C17H23ClN2O3/c1-17(2,3)23-16(21)20-7-4-11-10-13-15(22-9-6-19-13)14(18)12(11)5-8-20/h10,19H,4-9H2,1-3H3. The monoisotopic (exact) mass is 338 g/mol. The minimum absolute atomic E-state index is 0.263. The van der Waals surface area contributed by atoms with Crippen molar-refractivity contribution >= 4 is 23.4 Å². The van der Waals surface area contributed by atoms with E-state index in [1.807, 2.05) is 20.8 Å². The molecule has 2 aliphatic rings. The van der Waals surface area contributed by atoms with Gasteiger partial charge in [-0.05, 0) is 50.8 Å². The van der Waals surface area contributed by atoms with E-state index in [9.17, 15) is 4.79 Å². The summed E-state index contributed by atoms with van der Waals surface area (Å²) in [6, 6.07) is 2.11. The lowest BCUT2D eigenvalue weighted by molar-refractivity contribution is 0.0258. The van der Waals surface area contributed by atoms with Crippen molar-refractivity contribution in [2.45, 2.75) is 39.2 Å². The molecule has 0 spiro atoms. The van der Waals surface area contributed by atoms with Crippen LogP contribution in [0, 0.1) is 0 Å². The molecule has 0 atom stereocenters. The maximum atomic E-state index is 12.3. The van der Waals surface area contributed by atoms with Gasteiger partial charge in [-0.2, -0.15) is 0 Å². The molecule has 5 nitrogen and oxygen atoms in total. The average Bonchev–Trinajstić information content (AvgIpc) is 2.68. The Kier molecular flexibility index (Phi) is 4.32. The van der Waals surface area contributed by atoms with E-state index in [1.54, 1.807) is 4.90 Å². The van der Waals surface area contributed by atoms with Crippen molar-refractivity contribution in [3.8, 4) is 5.75 Å². The van der Waals surface area contributed by atoms with Gasteiger partial charge in [-0.15, -0.1) is 0 Å². The van der Waals surface area contributed by atoms with Crippen molar-refractivity contribution in [2.75, 3.05) is 31.6 Å². The fourth-order valence-electron chi connectivity index (χ4n) is 2.95. The highest BCUT2D eigenvalue weighted by molar-refractivity contribution is 6.33. The molecular weight excluding hydrogens is 316 g/mol. The number of fused-ring (bicyclic) bond motifs is 2. The Morgan fingerprint density at radius 1 is 1.35 bits per heavy atom. The van der Waals surface area contributed by atoms with Crippen LogP contribution in [0.4, 0.5) is 10.5 Å². The van der Waals surface area contributed by atoms with Crippen LogP contribution in [0.5, 0.6) is 5.75 Å². The second-order valence-electron chi connectivity index (χ2n) is 6.95. The third-order valence-corrected chi connectivity index (χ3v) is 4.41. The zero-order chi connectivity index (χ0) is 16.6. The lowest BCUT2D eigenvalue weighted by Gasteiger charge is -2.26. The Bertz CT molecular complexity index is 625. The van der Waals surface area contributed by atoms with Crippen LogP contribution in [0.1, 0.15) is 31.9 Å². The highest BCUT2D eigenvalue weighted by Gasteiger charge is 2.27. The fraction of sp³-hybridized carbons (Fsp3) is 0.588. The summed E-state index contributed by atoms with van der Waals surface area (Å²) in [7, 11) is 0. The molecule has 126 valence electrons. The molecule has 3 rings (SSSR count). The minimum atomic E-state index is -0.481. The van der Waals surface area contributed by atoms with Gasteiger partial charge in [0.2, 0.25) is 0 Å². The number of nitrogens with zero attached hydrogens (tertiary/aromatic N) is 1. The zero-order valence-electron chi connectivity index (χ0n) is 13.9. The summed E-state index contributed by atoms with van der Waals surface area (Å²) in [5.74, 6) is 0.738. The number of carbonyl (C=O) groups excluding carboxylic acids is 1. The predicted molar refractivity (Wildman–Crippen MR) is 90.7 cm³/mol. The molecule has 0 saturated carbocycles. The van der Waals surface area contributed by atoms with Crippen LogP contribution in [0.2, 0.25) is 5.02 Å². The molecule has 1 amide bonds. The van der Waals surface area contributed by atoms with Crippen molar-refractivity contribution in [1.29, 1.82) is 0 Å². The number of carbonyl (C=O) groups is 1. The summed E-state index contributed by atoms with van der Waals surface area (Å²) >= 11 is 6.55. The van der Waals surface area contributed by atoms with Gasteiger partial charge in [-0.25, -0.2) is 4.79 Å². The average molecular weight is 339 g/mol. The number of halogens is 1. The second-order valence-corrected chi connectivity index (χ2v) is 7.33. The van der Waals surface area contributed by atoms with Gasteiger partial charge in [0.15, 0.2) is 5.75 Å². The van der Waals surface area contributed by atoms with E-state index in [4.69, 9.17) is 21.1 Å². The number of hydrogen-bond donors (Lipinski definition) is 1. The largest absolute Gasteiger partial charge is 0.488 e. The van der Waals surface area contributed by atoms with E-state index in [0.717, 1.165) is 30.0 Å². The SMILES string of the molecule is CC(C)(C)OC(=O)N1CCc2cc3c(c(Cl)c2CC1)OCCN3. The molecule has 1 aromatic rings. The molecule has 0 fully saturated rings. The summed E-state index contributed by atoms with van der Waals surface area (Å²) in [6.07, 6.45) is 1.22. The third kappa shape index (κ3) is 3.50. The molecule has 0 aromatic heterocycles. The lowest BCUT2D eigenvalue weighted by Crippen LogP contribution is -2.38. The Hall–Kier alpha value is -1.62. The van der Waals surface area contributed by atoms with Crippen molar-refractivity contribution in [2.24, 2.45) is 0 Å². The summed E-state index contributed by atoms with van der Waals surface area (Å²) in [5.41, 5.74) is 2.73. The van der Waals surface area contributed by atoms with E-state index in [0.29, 0.717) is 31.1 Å². The van der Waals surface area contributed by atoms with E-state index in [-0.39, 0.29) is 6.09 Å². The smallest absolute Gasteiger partial charge is 0.410 e. The number of rotatable bonds is 0. The molecule has 0 saturated heterocycles. The van der Waals surface area contributed by atoms with Crippen molar-refractivity contribution in [3.05, 3.63) is 22.2 Å². The molecule has 2 heterocycles. The third-order valence-electron chi connectivity index (χ3n) is 4.01. The Morgan fingerprint density at radius 2 is 2.09 bits per heavy atom. The van der Waals surface area contributed by atoms with Crippen molar-refractivity contribution in [3.63, 3.8) is 0 Å². The normalized spacial score (nSPS) is 17.3. The maximum Gasteiger partial charge on any atom is 0.410 e. The number of ether oxygens (including phenoxy) is 2. The summed E-state index contributed by atoms with van der Waals surface area (Å²) < 4.78 is 11.2. The number of anilines is 1. The van der Waals surface area contributed by atoms with Gasteiger partial charge in [0.25, 0.3) is 0 Å². The quantitative estimate of drug-likeness (QED) is 0.787. The van der Waals surface area contributed by atoms with Crippen LogP contribution in [0.15, 0.2) is 6.07 Å². The number of amides is 1. The maximum absolute atomic E-state index is 12.3. The van der Waals surface area contributed by atoms with Crippen LogP contribution in [0.3, 0.4) is 0 Å². The van der Waals surface area contributed by atoms with Crippen molar-refractivity contribution < 1.29 is 14.3 Å². The Morgan fingerprint density at radius 3 is 2.83 bits per heavy atom. The van der Waals surface area contributed by atoms with Gasteiger partial charge < -0.3 is 19.7 Å². The number of nitrogens with one attached hydrogen (secondary N) is 1. The number of benzene rings is 1. The lowest BCUT2D eigenvalue weighted by atomic mass is 10.0. The first-order valence-corrected chi connectivity index (χ1v) is 8.42. The van der Waals surface area contributed by atoms with Crippen LogP contribution >= 0.6 is 11.6 Å². The summed E-state index contributed by atoms with van der Waals surface area (Å²) in [4.78, 5) is 14.1. The van der Waals surface area contributed by atoms with E-state index in [2.05, 4.69) is 11.4 Å². The molecule has 1 N–H and O–H groups in total. The van der Waals surface area contributed by atoms with Crippen LogP contribution in [-0.2, 0) is 17.6 Å². The van der Waals surface area contributed by atoms with Crippen LogP contribution in [-0.4, -0.2) is 42.8 Å². The van der Waals surface area contributed by atoms with Crippen LogP contribution in [0.25, 0.3) is 0 Å². The highest BCUT2D eigenvalue weighted by atomic mass is 35.5. The Labute approximate surface area is 141 Å². The fourth-order valence-corrected chi connectivity index (χ4v) is 3.32. The van der Waals surface area contributed by atoms with Gasteiger partial charge in [-0.1, -0.05) is 11.6 Å². The first-order valence-electron chi connectivity index (χ1n) is 8.04. The molecular formula is C17H23ClN2O3. The number of hydrogen-bond acceptors (Lipinski definition) is 4. The first kappa shape index (κ1) is 16.2. The van der Waals surface area contributed by atoms with Gasteiger partial charge in [0, 0.05) is 19.6 Å². The zero-order valence-corrected chi connectivity index (χ0v) is 14.6. The predicted octanol–water partition coefficient (Wildman–Crippen LogP) is 3.48. The molecule has 2 aliphatic heterocycles. The van der Waals surface area contributed by atoms with Gasteiger partial charge in [-0.3, -0.25) is 0 Å². The minimum Gasteiger partial charge on any atom is -0.488 e. The Balaban J connectivity index is 1.80. The molecule has 0 bridgehead atoms. The highest BCUT2D eigenvalue weighted by Crippen LogP contribution is 2.40. The van der Waals surface area contributed by atoms with Crippen molar-refractivity contribution in [1.82, 2.24) is 4.90 Å². The molecule has 23 heavy (non-hydrogen) atoms. The molecule has 0 aliphatic carbocycles. The molecule has 0 radical (unpaired) electrons. The topological polar surface area (TPSA) is 50.8 Å². The molecule has 1 aromatic carbocycles. The summed E-state index contributed by atoms with van der Waals surface area (Å²) in [5, 5.41) is 4.00. The van der Waals surface area contributed by atoms with Gasteiger partial charge >= 0.3 is 6.09 Å². The van der Waals surface area contributed by atoms with E-state index >= 15 is 0 Å². The summed E-state index contributed by atoms with van der Waals surface area (Å²) in [6.45, 7) is 8.29. The van der Waals surface area contributed by atoms with E-state index < -0.39 is 5.60 Å². The molecule has 0 unspecified atom stereocenters. The molecule has 6 heteroatoms. The van der Waals surface area contributed by atoms with Gasteiger partial charge in [0.05, 0.1) is 10.7 Å². The van der Waals surface area contributed by atoms with Crippen LogP contribution < -0.4 is 10.1 Å². The van der Waals surface area contributed by atoms with E-state index in [1.165, 1.54) is 5.56 Å².